The van der Waals surface area contributed by atoms with Crippen LogP contribution >= 0.6 is 12.2 Å². The van der Waals surface area contributed by atoms with Gasteiger partial charge in [-0.15, -0.1) is 0 Å². The third-order valence-corrected chi connectivity index (χ3v) is 2.74. The zero-order valence-corrected chi connectivity index (χ0v) is 10.3. The van der Waals surface area contributed by atoms with Gasteiger partial charge in [0, 0.05) is 5.56 Å². The van der Waals surface area contributed by atoms with E-state index >= 15 is 0 Å². The number of ether oxygens (including phenoxy) is 2. The number of amides is 1. The molecule has 17 heavy (non-hydrogen) atoms. The number of rotatable bonds is 3. The van der Waals surface area contributed by atoms with Crippen molar-refractivity contribution in [2.75, 3.05) is 14.2 Å². The summed E-state index contributed by atoms with van der Waals surface area (Å²) in [4.78, 5) is 11.7. The predicted octanol–water partition coefficient (Wildman–Crippen LogP) is 0.749. The number of carbonyl (C=O) groups is 1. The Hall–Kier alpha value is -1.82. The normalized spacial score (nSPS) is 18.6. The van der Waals surface area contributed by atoms with Crippen LogP contribution in [0.15, 0.2) is 18.2 Å². The average Bonchev–Trinajstić information content (AvgIpc) is 2.67. The summed E-state index contributed by atoms with van der Waals surface area (Å²) in [6.45, 7) is 0. The summed E-state index contributed by atoms with van der Waals surface area (Å²) in [7, 11) is 3.08. The van der Waals surface area contributed by atoms with Gasteiger partial charge in [0.15, 0.2) is 16.6 Å². The highest BCUT2D eigenvalue weighted by atomic mass is 32.1. The van der Waals surface area contributed by atoms with Gasteiger partial charge in [-0.3, -0.25) is 4.79 Å². The van der Waals surface area contributed by atoms with Crippen LogP contribution in [0.2, 0.25) is 0 Å². The van der Waals surface area contributed by atoms with Crippen LogP contribution in [0.5, 0.6) is 11.5 Å². The van der Waals surface area contributed by atoms with Crippen molar-refractivity contribution in [1.29, 1.82) is 0 Å². The summed E-state index contributed by atoms with van der Waals surface area (Å²) in [6.07, 6.45) is 0. The fourth-order valence-electron chi connectivity index (χ4n) is 1.78. The maximum absolute atomic E-state index is 11.7. The minimum absolute atomic E-state index is 0.193. The lowest BCUT2D eigenvalue weighted by molar-refractivity contribution is -0.120. The minimum Gasteiger partial charge on any atom is -0.493 e. The Morgan fingerprint density at radius 2 is 2.06 bits per heavy atom. The van der Waals surface area contributed by atoms with Crippen LogP contribution in [0, 0.1) is 0 Å². The largest absolute Gasteiger partial charge is 0.493 e. The number of methoxy groups -OCH3 is 2. The van der Waals surface area contributed by atoms with Gasteiger partial charge in [0.1, 0.15) is 6.04 Å². The van der Waals surface area contributed by atoms with Crippen molar-refractivity contribution in [2.24, 2.45) is 0 Å². The second kappa shape index (κ2) is 4.58. The summed E-state index contributed by atoms with van der Waals surface area (Å²) >= 11 is 4.90. The van der Waals surface area contributed by atoms with Crippen LogP contribution in [0.3, 0.4) is 0 Å². The van der Waals surface area contributed by atoms with Gasteiger partial charge in [-0.05, 0) is 18.3 Å². The van der Waals surface area contributed by atoms with E-state index in [1.165, 1.54) is 7.11 Å². The molecule has 5 nitrogen and oxygen atoms in total. The molecule has 0 spiro atoms. The summed E-state index contributed by atoms with van der Waals surface area (Å²) in [5.41, 5.74) is 0.698. The number of hydrogen-bond acceptors (Lipinski definition) is 4. The van der Waals surface area contributed by atoms with Gasteiger partial charge >= 0.3 is 0 Å². The molecule has 0 bridgehead atoms. The molecule has 6 heteroatoms. The fourth-order valence-corrected chi connectivity index (χ4v) is 1.99. The van der Waals surface area contributed by atoms with Crippen LogP contribution in [-0.2, 0) is 4.79 Å². The second-order valence-corrected chi connectivity index (χ2v) is 3.89. The number of hydrogen-bond donors (Lipinski definition) is 2. The maximum Gasteiger partial charge on any atom is 0.253 e. The molecule has 1 heterocycles. The van der Waals surface area contributed by atoms with E-state index in [1.54, 1.807) is 25.3 Å². The highest BCUT2D eigenvalue weighted by molar-refractivity contribution is 7.80. The van der Waals surface area contributed by atoms with E-state index in [2.05, 4.69) is 10.6 Å². The number of carbonyl (C=O) groups excluding carboxylic acids is 1. The minimum atomic E-state index is -0.535. The lowest BCUT2D eigenvalue weighted by Crippen LogP contribution is -2.21. The van der Waals surface area contributed by atoms with Crippen LogP contribution in [0.1, 0.15) is 11.6 Å². The lowest BCUT2D eigenvalue weighted by Gasteiger charge is -2.15. The number of para-hydroxylation sites is 1. The molecule has 0 saturated carbocycles. The van der Waals surface area contributed by atoms with E-state index < -0.39 is 6.04 Å². The molecule has 1 amide bonds. The molecule has 0 radical (unpaired) electrons. The van der Waals surface area contributed by atoms with Crippen LogP contribution in [-0.4, -0.2) is 25.2 Å². The predicted molar refractivity (Wildman–Crippen MR) is 66.2 cm³/mol. The molecule has 1 unspecified atom stereocenters. The Labute approximate surface area is 104 Å². The number of benzene rings is 1. The van der Waals surface area contributed by atoms with Crippen LogP contribution in [0.25, 0.3) is 0 Å². The van der Waals surface area contributed by atoms with E-state index in [-0.39, 0.29) is 5.91 Å². The van der Waals surface area contributed by atoms with E-state index in [0.717, 1.165) is 0 Å². The molecule has 1 saturated heterocycles. The molecule has 0 aliphatic carbocycles. The molecule has 1 aliphatic rings. The first-order valence-electron chi connectivity index (χ1n) is 4.99. The maximum atomic E-state index is 11.7. The SMILES string of the molecule is COc1cccc(C2NC(=S)NC2=O)c1OC. The van der Waals surface area contributed by atoms with Gasteiger partial charge in [-0.1, -0.05) is 12.1 Å². The number of nitrogens with one attached hydrogen (secondary N) is 2. The first kappa shape index (κ1) is 11.7. The van der Waals surface area contributed by atoms with Crippen LogP contribution < -0.4 is 20.1 Å². The Balaban J connectivity index is 2.44. The molecule has 1 aromatic rings. The van der Waals surface area contributed by atoms with E-state index in [0.29, 0.717) is 22.2 Å². The molecule has 90 valence electrons. The van der Waals surface area contributed by atoms with Crippen LogP contribution in [0.4, 0.5) is 0 Å². The standard InChI is InChI=1S/C11H12N2O3S/c1-15-7-5-3-4-6(9(7)16-2)8-10(14)13-11(17)12-8/h3-5,8H,1-2H3,(H2,12,13,14,17). The molecule has 1 fully saturated rings. The van der Waals surface area contributed by atoms with Crippen molar-refractivity contribution < 1.29 is 14.3 Å². The van der Waals surface area contributed by atoms with Crippen molar-refractivity contribution in [1.82, 2.24) is 10.6 Å². The zero-order valence-electron chi connectivity index (χ0n) is 9.44. The highest BCUT2D eigenvalue weighted by Gasteiger charge is 2.31. The first-order valence-corrected chi connectivity index (χ1v) is 5.40. The molecular weight excluding hydrogens is 240 g/mol. The third kappa shape index (κ3) is 2.03. The highest BCUT2D eigenvalue weighted by Crippen LogP contribution is 2.35. The van der Waals surface area contributed by atoms with Crippen molar-refractivity contribution >= 4 is 23.2 Å². The quantitative estimate of drug-likeness (QED) is 0.777. The van der Waals surface area contributed by atoms with Gasteiger partial charge in [0.05, 0.1) is 14.2 Å². The topological polar surface area (TPSA) is 59.6 Å². The van der Waals surface area contributed by atoms with Gasteiger partial charge < -0.3 is 20.1 Å². The average molecular weight is 252 g/mol. The molecule has 2 N–H and O–H groups in total. The summed E-state index contributed by atoms with van der Waals surface area (Å²) in [5, 5.41) is 5.74. The van der Waals surface area contributed by atoms with E-state index in [9.17, 15) is 4.79 Å². The van der Waals surface area contributed by atoms with Crippen molar-refractivity contribution in [3.05, 3.63) is 23.8 Å². The molecule has 2 rings (SSSR count). The zero-order chi connectivity index (χ0) is 12.4. The Morgan fingerprint density at radius 1 is 1.29 bits per heavy atom. The van der Waals surface area contributed by atoms with E-state index in [4.69, 9.17) is 21.7 Å². The summed E-state index contributed by atoms with van der Waals surface area (Å²) in [6, 6.07) is 4.83. The molecule has 1 aromatic carbocycles. The first-order chi connectivity index (χ1) is 8.17. The van der Waals surface area contributed by atoms with Gasteiger partial charge in [-0.25, -0.2) is 0 Å². The lowest BCUT2D eigenvalue weighted by atomic mass is 10.1. The molecule has 1 aliphatic heterocycles. The van der Waals surface area contributed by atoms with Gasteiger partial charge in [-0.2, -0.15) is 0 Å². The van der Waals surface area contributed by atoms with Crippen molar-refractivity contribution in [3.63, 3.8) is 0 Å². The monoisotopic (exact) mass is 252 g/mol. The summed E-state index contributed by atoms with van der Waals surface area (Å²) < 4.78 is 10.5. The fraction of sp³-hybridized carbons (Fsp3) is 0.273. The number of thiocarbonyl (C=S) groups is 1. The van der Waals surface area contributed by atoms with E-state index in [1.807, 2.05) is 0 Å². The second-order valence-electron chi connectivity index (χ2n) is 3.48. The summed E-state index contributed by atoms with van der Waals surface area (Å²) in [5.74, 6) is 0.923. The molecule has 1 atom stereocenters. The van der Waals surface area contributed by atoms with Gasteiger partial charge in [0.2, 0.25) is 0 Å². The van der Waals surface area contributed by atoms with Crippen molar-refractivity contribution in [3.8, 4) is 11.5 Å². The third-order valence-electron chi connectivity index (χ3n) is 2.52. The Bertz CT molecular complexity index is 476. The smallest absolute Gasteiger partial charge is 0.253 e. The molecule has 0 aromatic heterocycles. The van der Waals surface area contributed by atoms with Crippen molar-refractivity contribution in [2.45, 2.75) is 6.04 Å². The van der Waals surface area contributed by atoms with Gasteiger partial charge in [0.25, 0.3) is 5.91 Å². The molecular formula is C11H12N2O3S. The Kier molecular flexibility index (Phi) is 3.14. The Morgan fingerprint density at radius 3 is 2.59 bits per heavy atom.